The Bertz CT molecular complexity index is 836. The number of aryl methyl sites for hydroxylation is 1. The Morgan fingerprint density at radius 3 is 3.19 bits per heavy atom. The molecule has 106 valence electrons. The van der Waals surface area contributed by atoms with Crippen LogP contribution in [0.4, 0.5) is 5.82 Å². The average molecular weight is 319 g/mol. The van der Waals surface area contributed by atoms with Crippen LogP contribution in [0.5, 0.6) is 0 Å². The van der Waals surface area contributed by atoms with Gasteiger partial charge >= 0.3 is 0 Å². The van der Waals surface area contributed by atoms with Crippen LogP contribution >= 0.6 is 22.9 Å². The van der Waals surface area contributed by atoms with Crippen molar-refractivity contribution in [2.45, 2.75) is 6.92 Å². The summed E-state index contributed by atoms with van der Waals surface area (Å²) in [6, 6.07) is 3.67. The third-order valence-electron chi connectivity index (χ3n) is 2.81. The van der Waals surface area contributed by atoms with Crippen LogP contribution in [0, 0.1) is 6.92 Å². The van der Waals surface area contributed by atoms with E-state index >= 15 is 0 Å². The van der Waals surface area contributed by atoms with Crippen LogP contribution in [0.1, 0.15) is 11.3 Å². The van der Waals surface area contributed by atoms with E-state index in [4.69, 9.17) is 11.6 Å². The van der Waals surface area contributed by atoms with Crippen molar-refractivity contribution < 1.29 is 4.79 Å². The van der Waals surface area contributed by atoms with Gasteiger partial charge in [0, 0.05) is 23.8 Å². The number of fused-ring (bicyclic) bond motifs is 1. The molecular formula is C14H11ClN4OS. The van der Waals surface area contributed by atoms with Crippen LogP contribution < -0.4 is 5.32 Å². The van der Waals surface area contributed by atoms with Gasteiger partial charge in [-0.1, -0.05) is 11.6 Å². The number of imidazole rings is 1. The van der Waals surface area contributed by atoms with Crippen molar-refractivity contribution in [3.63, 3.8) is 0 Å². The summed E-state index contributed by atoms with van der Waals surface area (Å²) >= 11 is 7.54. The molecule has 0 radical (unpaired) electrons. The highest BCUT2D eigenvalue weighted by atomic mass is 35.5. The first-order valence-electron chi connectivity index (χ1n) is 6.16. The molecule has 7 heteroatoms. The zero-order valence-corrected chi connectivity index (χ0v) is 12.6. The van der Waals surface area contributed by atoms with Crippen molar-refractivity contribution in [3.8, 4) is 0 Å². The molecule has 0 unspecified atom stereocenters. The highest BCUT2D eigenvalue weighted by molar-refractivity contribution is 7.15. The van der Waals surface area contributed by atoms with Gasteiger partial charge in [-0.3, -0.25) is 9.20 Å². The second kappa shape index (κ2) is 5.67. The van der Waals surface area contributed by atoms with Gasteiger partial charge < -0.3 is 5.32 Å². The molecule has 3 aromatic rings. The molecule has 0 aliphatic heterocycles. The third kappa shape index (κ3) is 2.96. The van der Waals surface area contributed by atoms with Crippen molar-refractivity contribution >= 4 is 45.7 Å². The number of hydrogen-bond acceptors (Lipinski definition) is 4. The largest absolute Gasteiger partial charge is 0.307 e. The quantitative estimate of drug-likeness (QED) is 0.753. The lowest BCUT2D eigenvalue weighted by atomic mass is 10.3. The third-order valence-corrected chi connectivity index (χ3v) is 3.85. The van der Waals surface area contributed by atoms with Crippen LogP contribution in [-0.2, 0) is 4.79 Å². The second-order valence-corrected chi connectivity index (χ2v) is 5.62. The lowest BCUT2D eigenvalue weighted by molar-refractivity contribution is -0.111. The highest BCUT2D eigenvalue weighted by Gasteiger charge is 2.08. The van der Waals surface area contributed by atoms with Crippen molar-refractivity contribution in [2.24, 2.45) is 0 Å². The van der Waals surface area contributed by atoms with E-state index in [0.717, 1.165) is 10.5 Å². The number of halogens is 1. The van der Waals surface area contributed by atoms with Gasteiger partial charge in [-0.05, 0) is 30.7 Å². The Hall–Kier alpha value is -2.18. The Balaban J connectivity index is 1.78. The fourth-order valence-corrected chi connectivity index (χ4v) is 2.86. The van der Waals surface area contributed by atoms with Gasteiger partial charge in [0.2, 0.25) is 5.91 Å². The number of carbonyl (C=O) groups excluding carboxylic acids is 1. The van der Waals surface area contributed by atoms with Crippen molar-refractivity contribution in [3.05, 3.63) is 52.4 Å². The summed E-state index contributed by atoms with van der Waals surface area (Å²) < 4.78 is 1.84. The van der Waals surface area contributed by atoms with Gasteiger partial charge in [-0.2, -0.15) is 0 Å². The molecule has 3 heterocycles. The molecule has 0 aliphatic rings. The van der Waals surface area contributed by atoms with Gasteiger partial charge in [0.25, 0.3) is 0 Å². The first-order chi connectivity index (χ1) is 10.1. The number of thiazole rings is 1. The maximum Gasteiger partial charge on any atom is 0.249 e. The van der Waals surface area contributed by atoms with Gasteiger partial charge in [0.1, 0.15) is 5.82 Å². The molecule has 0 saturated heterocycles. The van der Waals surface area contributed by atoms with Gasteiger partial charge in [-0.15, -0.1) is 11.3 Å². The minimum Gasteiger partial charge on any atom is -0.307 e. The summed E-state index contributed by atoms with van der Waals surface area (Å²) in [5, 5.41) is 4.98. The lowest BCUT2D eigenvalue weighted by Gasteiger charge is -2.01. The minimum absolute atomic E-state index is 0.269. The van der Waals surface area contributed by atoms with Crippen molar-refractivity contribution in [1.82, 2.24) is 14.4 Å². The van der Waals surface area contributed by atoms with Crippen LogP contribution in [0.3, 0.4) is 0 Å². The Labute approximate surface area is 129 Å². The van der Waals surface area contributed by atoms with E-state index in [9.17, 15) is 4.79 Å². The molecule has 0 spiro atoms. The van der Waals surface area contributed by atoms with Crippen LogP contribution in [0.15, 0.2) is 36.0 Å². The van der Waals surface area contributed by atoms with Gasteiger partial charge in [0.15, 0.2) is 10.1 Å². The van der Waals surface area contributed by atoms with E-state index in [1.54, 1.807) is 18.3 Å². The monoisotopic (exact) mass is 318 g/mol. The molecule has 0 aromatic carbocycles. The SMILES string of the molecule is Cc1ccnc(NC(=O)/C=C/c2c(Cl)nc3sccn23)c1. The van der Waals surface area contributed by atoms with E-state index < -0.39 is 0 Å². The number of pyridine rings is 1. The number of rotatable bonds is 3. The predicted molar refractivity (Wildman–Crippen MR) is 84.7 cm³/mol. The summed E-state index contributed by atoms with van der Waals surface area (Å²) in [4.78, 5) is 21.0. The van der Waals surface area contributed by atoms with E-state index in [1.807, 2.05) is 29.0 Å². The van der Waals surface area contributed by atoms with E-state index in [1.165, 1.54) is 17.4 Å². The number of anilines is 1. The Kier molecular flexibility index (Phi) is 3.72. The average Bonchev–Trinajstić information content (AvgIpc) is 2.97. The number of nitrogens with zero attached hydrogens (tertiary/aromatic N) is 3. The predicted octanol–water partition coefficient (Wildman–Crippen LogP) is 3.40. The first kappa shape index (κ1) is 13.8. The normalized spacial score (nSPS) is 11.3. The fraction of sp³-hybridized carbons (Fsp3) is 0.0714. The van der Waals surface area contributed by atoms with Gasteiger partial charge in [0.05, 0.1) is 5.69 Å². The topological polar surface area (TPSA) is 59.3 Å². The van der Waals surface area contributed by atoms with Crippen LogP contribution in [0.25, 0.3) is 11.0 Å². The molecule has 0 saturated carbocycles. The van der Waals surface area contributed by atoms with E-state index in [0.29, 0.717) is 16.7 Å². The molecular weight excluding hydrogens is 308 g/mol. The smallest absolute Gasteiger partial charge is 0.249 e. The molecule has 1 amide bonds. The zero-order valence-electron chi connectivity index (χ0n) is 11.1. The van der Waals surface area contributed by atoms with E-state index in [-0.39, 0.29) is 5.91 Å². The highest BCUT2D eigenvalue weighted by Crippen LogP contribution is 2.22. The summed E-state index contributed by atoms with van der Waals surface area (Å²) in [7, 11) is 0. The number of carbonyl (C=O) groups is 1. The number of hydrogen-bond donors (Lipinski definition) is 1. The molecule has 5 nitrogen and oxygen atoms in total. The minimum atomic E-state index is -0.269. The molecule has 0 fully saturated rings. The summed E-state index contributed by atoms with van der Waals surface area (Å²) in [6.45, 7) is 1.94. The number of aromatic nitrogens is 3. The number of amides is 1. The standard InChI is InChI=1S/C14H11ClN4OS/c1-9-4-5-16-11(8-9)17-12(20)3-2-10-13(15)18-14-19(10)6-7-21-14/h2-8H,1H3,(H,16,17,20)/b3-2+. The molecule has 3 aromatic heterocycles. The maximum atomic E-state index is 11.9. The number of nitrogens with one attached hydrogen (secondary N) is 1. The van der Waals surface area contributed by atoms with Crippen LogP contribution in [-0.4, -0.2) is 20.3 Å². The molecule has 3 rings (SSSR count). The lowest BCUT2D eigenvalue weighted by Crippen LogP contribution is -2.09. The summed E-state index contributed by atoms with van der Waals surface area (Å²) in [5.41, 5.74) is 1.71. The molecule has 0 aliphatic carbocycles. The molecule has 21 heavy (non-hydrogen) atoms. The second-order valence-electron chi connectivity index (χ2n) is 4.38. The first-order valence-corrected chi connectivity index (χ1v) is 7.42. The van der Waals surface area contributed by atoms with Crippen molar-refractivity contribution in [1.29, 1.82) is 0 Å². The van der Waals surface area contributed by atoms with Crippen molar-refractivity contribution in [2.75, 3.05) is 5.32 Å². The summed E-state index contributed by atoms with van der Waals surface area (Å²) in [5.74, 6) is 0.249. The molecule has 1 N–H and O–H groups in total. The van der Waals surface area contributed by atoms with E-state index in [2.05, 4.69) is 15.3 Å². The fourth-order valence-electron chi connectivity index (χ4n) is 1.85. The van der Waals surface area contributed by atoms with Gasteiger partial charge in [-0.25, -0.2) is 9.97 Å². The van der Waals surface area contributed by atoms with Crippen LogP contribution in [0.2, 0.25) is 5.15 Å². The molecule has 0 atom stereocenters. The Morgan fingerprint density at radius 2 is 2.38 bits per heavy atom. The zero-order chi connectivity index (χ0) is 14.8. The maximum absolute atomic E-state index is 11.9. The molecule has 0 bridgehead atoms. The Morgan fingerprint density at radius 1 is 1.52 bits per heavy atom. The summed E-state index contributed by atoms with van der Waals surface area (Å²) in [6.07, 6.45) is 6.56.